The monoisotopic (exact) mass is 287 g/mol. The maximum atomic E-state index is 6.18. The van der Waals surface area contributed by atoms with Crippen LogP contribution >= 0.6 is 11.6 Å². The molecule has 1 unspecified atom stereocenters. The summed E-state index contributed by atoms with van der Waals surface area (Å²) in [6, 6.07) is 0. The third kappa shape index (κ3) is 8.19. The Labute approximate surface area is 126 Å². The first kappa shape index (κ1) is 17.3. The molecule has 1 heterocycles. The van der Waals surface area contributed by atoms with Gasteiger partial charge in [-0.3, -0.25) is 0 Å². The quantitative estimate of drug-likeness (QED) is 0.380. The smallest absolute Gasteiger partial charge is 0.0337 e. The molecular formula is C17H34ClN. The lowest BCUT2D eigenvalue weighted by Gasteiger charge is -2.33. The number of halogens is 1. The highest BCUT2D eigenvalue weighted by Crippen LogP contribution is 2.24. The fourth-order valence-corrected chi connectivity index (χ4v) is 3.36. The maximum Gasteiger partial charge on any atom is 0.0337 e. The second kappa shape index (κ2) is 11.0. The van der Waals surface area contributed by atoms with Crippen LogP contribution in [0.3, 0.4) is 0 Å². The molecule has 0 bridgehead atoms. The van der Waals surface area contributed by atoms with Crippen molar-refractivity contribution in [3.63, 3.8) is 0 Å². The lowest BCUT2D eigenvalue weighted by Crippen LogP contribution is -2.36. The van der Waals surface area contributed by atoms with Crippen molar-refractivity contribution in [3.8, 4) is 0 Å². The number of unbranched alkanes of at least 4 members (excludes halogenated alkanes) is 7. The van der Waals surface area contributed by atoms with E-state index < -0.39 is 0 Å². The maximum absolute atomic E-state index is 6.18. The van der Waals surface area contributed by atoms with Crippen molar-refractivity contribution in [1.29, 1.82) is 0 Å². The van der Waals surface area contributed by atoms with E-state index in [4.69, 9.17) is 11.6 Å². The van der Waals surface area contributed by atoms with E-state index in [-0.39, 0.29) is 0 Å². The summed E-state index contributed by atoms with van der Waals surface area (Å²) in [7, 11) is 0. The van der Waals surface area contributed by atoms with Gasteiger partial charge in [-0.15, -0.1) is 11.6 Å². The third-order valence-corrected chi connectivity index (χ3v) is 4.97. The van der Waals surface area contributed by atoms with Gasteiger partial charge < -0.3 is 4.90 Å². The number of hydrogen-bond donors (Lipinski definition) is 0. The van der Waals surface area contributed by atoms with Crippen molar-refractivity contribution in [3.05, 3.63) is 0 Å². The summed E-state index contributed by atoms with van der Waals surface area (Å²) in [5.74, 6) is 0.761. The Hall–Kier alpha value is 0.250. The molecule has 19 heavy (non-hydrogen) atoms. The molecule has 0 N–H and O–H groups in total. The zero-order valence-electron chi connectivity index (χ0n) is 13.2. The molecule has 1 fully saturated rings. The number of rotatable bonds is 10. The van der Waals surface area contributed by atoms with E-state index in [1.54, 1.807) is 0 Å². The molecule has 0 spiro atoms. The molecule has 114 valence electrons. The van der Waals surface area contributed by atoms with Gasteiger partial charge in [-0.1, -0.05) is 51.9 Å². The Balaban J connectivity index is 1.88. The van der Waals surface area contributed by atoms with Gasteiger partial charge in [-0.25, -0.2) is 0 Å². The number of hydrogen-bond acceptors (Lipinski definition) is 1. The average molecular weight is 288 g/mol. The predicted molar refractivity (Wildman–Crippen MR) is 87.1 cm³/mol. The molecule has 1 rings (SSSR count). The number of nitrogens with zero attached hydrogens (tertiary/aromatic N) is 1. The van der Waals surface area contributed by atoms with E-state index in [0.717, 1.165) is 5.92 Å². The van der Waals surface area contributed by atoms with Crippen molar-refractivity contribution in [1.82, 2.24) is 4.90 Å². The highest BCUT2D eigenvalue weighted by molar-refractivity contribution is 6.20. The first-order valence-corrected chi connectivity index (χ1v) is 9.04. The topological polar surface area (TPSA) is 3.24 Å². The van der Waals surface area contributed by atoms with Crippen LogP contribution in [0, 0.1) is 5.92 Å². The molecule has 0 aromatic carbocycles. The van der Waals surface area contributed by atoms with E-state index in [0.29, 0.717) is 5.38 Å². The predicted octanol–water partition coefficient (Wildman–Crippen LogP) is 5.47. The van der Waals surface area contributed by atoms with Crippen LogP contribution in [-0.2, 0) is 0 Å². The van der Waals surface area contributed by atoms with Crippen LogP contribution in [0.1, 0.15) is 78.1 Å². The molecule has 2 heteroatoms. The van der Waals surface area contributed by atoms with Crippen LogP contribution in [0.5, 0.6) is 0 Å². The normalized spacial score (nSPS) is 19.7. The largest absolute Gasteiger partial charge is 0.303 e. The summed E-state index contributed by atoms with van der Waals surface area (Å²) < 4.78 is 0. The number of piperidine rings is 1. The molecule has 0 radical (unpaired) electrons. The van der Waals surface area contributed by atoms with E-state index in [1.807, 2.05) is 0 Å². The molecule has 1 aliphatic heterocycles. The Morgan fingerprint density at radius 3 is 2.00 bits per heavy atom. The molecule has 1 nitrogen and oxygen atoms in total. The third-order valence-electron chi connectivity index (χ3n) is 4.61. The Morgan fingerprint density at radius 2 is 1.47 bits per heavy atom. The number of likely N-dealkylation sites (tertiary alicyclic amines) is 1. The first-order chi connectivity index (χ1) is 9.24. The summed E-state index contributed by atoms with van der Waals surface area (Å²) in [6.07, 6.45) is 14.0. The van der Waals surface area contributed by atoms with Crippen molar-refractivity contribution in [2.75, 3.05) is 19.6 Å². The minimum Gasteiger partial charge on any atom is -0.303 e. The van der Waals surface area contributed by atoms with Gasteiger partial charge in [0.25, 0.3) is 0 Å². The summed E-state index contributed by atoms with van der Waals surface area (Å²) in [5.41, 5.74) is 0. The van der Waals surface area contributed by atoms with Gasteiger partial charge >= 0.3 is 0 Å². The highest BCUT2D eigenvalue weighted by Gasteiger charge is 2.21. The fraction of sp³-hybridized carbons (Fsp3) is 1.00. The van der Waals surface area contributed by atoms with Gasteiger partial charge in [-0.05, 0) is 51.7 Å². The van der Waals surface area contributed by atoms with Gasteiger partial charge in [-0.2, -0.15) is 0 Å². The minimum absolute atomic E-state index is 0.366. The van der Waals surface area contributed by atoms with Crippen molar-refractivity contribution >= 4 is 11.6 Å². The SMILES string of the molecule is CCCCCCCCCCN1CCC(C(C)Cl)CC1. The average Bonchev–Trinajstić information content (AvgIpc) is 2.42. The van der Waals surface area contributed by atoms with Gasteiger partial charge in [0.15, 0.2) is 0 Å². The molecular weight excluding hydrogens is 254 g/mol. The summed E-state index contributed by atoms with van der Waals surface area (Å²) in [5, 5.41) is 0.366. The van der Waals surface area contributed by atoms with E-state index >= 15 is 0 Å². The zero-order chi connectivity index (χ0) is 13.9. The Kier molecular flexibility index (Phi) is 9.99. The van der Waals surface area contributed by atoms with Crippen molar-refractivity contribution < 1.29 is 0 Å². The fourth-order valence-electron chi connectivity index (χ4n) is 3.11. The van der Waals surface area contributed by atoms with Crippen molar-refractivity contribution in [2.45, 2.75) is 83.4 Å². The van der Waals surface area contributed by atoms with Crippen LogP contribution in [0.2, 0.25) is 0 Å². The lowest BCUT2D eigenvalue weighted by molar-refractivity contribution is 0.180. The minimum atomic E-state index is 0.366. The summed E-state index contributed by atoms with van der Waals surface area (Å²) >= 11 is 6.18. The molecule has 0 amide bonds. The second-order valence-electron chi connectivity index (χ2n) is 6.33. The van der Waals surface area contributed by atoms with E-state index in [9.17, 15) is 0 Å². The molecule has 1 aliphatic rings. The van der Waals surface area contributed by atoms with Crippen molar-refractivity contribution in [2.24, 2.45) is 5.92 Å². The summed E-state index contributed by atoms with van der Waals surface area (Å²) in [6.45, 7) is 8.31. The van der Waals surface area contributed by atoms with E-state index in [1.165, 1.54) is 83.8 Å². The number of alkyl halides is 1. The van der Waals surface area contributed by atoms with Gasteiger partial charge in [0.2, 0.25) is 0 Å². The van der Waals surface area contributed by atoms with Crippen LogP contribution in [0.15, 0.2) is 0 Å². The molecule has 0 saturated carbocycles. The van der Waals surface area contributed by atoms with Crippen LogP contribution in [0.4, 0.5) is 0 Å². The summed E-state index contributed by atoms with van der Waals surface area (Å²) in [4.78, 5) is 2.65. The molecule has 0 aliphatic carbocycles. The standard InChI is InChI=1S/C17H34ClN/c1-3-4-5-6-7-8-9-10-13-19-14-11-17(12-15-19)16(2)18/h16-17H,3-15H2,1-2H3. The second-order valence-corrected chi connectivity index (χ2v) is 7.02. The van der Waals surface area contributed by atoms with Crippen LogP contribution < -0.4 is 0 Å². The first-order valence-electron chi connectivity index (χ1n) is 8.60. The van der Waals surface area contributed by atoms with Gasteiger partial charge in [0.05, 0.1) is 0 Å². The molecule has 1 atom stereocenters. The Bertz CT molecular complexity index is 197. The van der Waals surface area contributed by atoms with Crippen LogP contribution in [-0.4, -0.2) is 29.9 Å². The molecule has 0 aromatic heterocycles. The molecule has 0 aromatic rings. The Morgan fingerprint density at radius 1 is 0.947 bits per heavy atom. The van der Waals surface area contributed by atoms with Gasteiger partial charge in [0.1, 0.15) is 0 Å². The van der Waals surface area contributed by atoms with E-state index in [2.05, 4.69) is 18.7 Å². The zero-order valence-corrected chi connectivity index (χ0v) is 13.9. The molecule has 1 saturated heterocycles. The highest BCUT2D eigenvalue weighted by atomic mass is 35.5. The van der Waals surface area contributed by atoms with Gasteiger partial charge in [0, 0.05) is 5.38 Å². The van der Waals surface area contributed by atoms with Crippen LogP contribution in [0.25, 0.3) is 0 Å². The lowest BCUT2D eigenvalue weighted by atomic mass is 9.94.